The van der Waals surface area contributed by atoms with Crippen LogP contribution < -0.4 is 5.32 Å². The molecule has 1 aliphatic heterocycles. The second kappa shape index (κ2) is 7.35. The molecule has 150 valence electrons. The molecule has 2 heterocycles. The number of hydrogen-bond acceptors (Lipinski definition) is 3. The number of fused-ring (bicyclic) bond motifs is 1. The van der Waals surface area contributed by atoms with E-state index in [0.717, 1.165) is 11.8 Å². The number of hydrogen-bond donors (Lipinski definition) is 2. The number of carbonyl (C=O) groups excluding carboxylic acids is 1. The van der Waals surface area contributed by atoms with Crippen LogP contribution in [0.4, 0.5) is 13.2 Å². The molecule has 0 fully saturated rings. The molecule has 2 unspecified atom stereocenters. The van der Waals surface area contributed by atoms with Crippen molar-refractivity contribution in [2.24, 2.45) is 16.8 Å². The second-order valence-electron chi connectivity index (χ2n) is 7.15. The molecular weight excluding hydrogens is 381 g/mol. The predicted octanol–water partition coefficient (Wildman–Crippen LogP) is 4.26. The molecule has 0 saturated heterocycles. The highest BCUT2D eigenvalue weighted by molar-refractivity contribution is 6.03. The Morgan fingerprint density at radius 2 is 1.97 bits per heavy atom. The topological polar surface area (TPSA) is 70.1 Å². The van der Waals surface area contributed by atoms with Gasteiger partial charge in [0.25, 0.3) is 0 Å². The molecule has 5 nitrogen and oxygen atoms in total. The quantitative estimate of drug-likeness (QED) is 0.805. The summed E-state index contributed by atoms with van der Waals surface area (Å²) in [6.45, 7) is 1.97. The number of amides is 1. The summed E-state index contributed by atoms with van der Waals surface area (Å²) in [4.78, 5) is 24.1. The number of alkyl halides is 3. The fourth-order valence-electron chi connectivity index (χ4n) is 3.64. The smallest absolute Gasteiger partial charge is 0.342 e. The van der Waals surface area contributed by atoms with Crippen molar-refractivity contribution >= 4 is 11.7 Å². The van der Waals surface area contributed by atoms with Crippen LogP contribution in [0.1, 0.15) is 24.7 Å². The molecule has 2 N–H and O–H groups in total. The van der Waals surface area contributed by atoms with Gasteiger partial charge in [0, 0.05) is 18.4 Å². The van der Waals surface area contributed by atoms with Crippen molar-refractivity contribution in [2.75, 3.05) is 0 Å². The van der Waals surface area contributed by atoms with Gasteiger partial charge in [-0.25, -0.2) is 9.98 Å². The van der Waals surface area contributed by atoms with Crippen molar-refractivity contribution in [2.45, 2.75) is 25.9 Å². The lowest BCUT2D eigenvalue weighted by atomic mass is 9.85. The summed E-state index contributed by atoms with van der Waals surface area (Å²) < 4.78 is 39.7. The monoisotopic (exact) mass is 400 g/mol. The summed E-state index contributed by atoms with van der Waals surface area (Å²) >= 11 is 0. The van der Waals surface area contributed by atoms with E-state index in [4.69, 9.17) is 0 Å². The third-order valence-electron chi connectivity index (χ3n) is 5.09. The van der Waals surface area contributed by atoms with E-state index in [1.54, 1.807) is 6.07 Å². The fourth-order valence-corrected chi connectivity index (χ4v) is 3.64. The van der Waals surface area contributed by atoms with Gasteiger partial charge in [0.05, 0.1) is 29.1 Å². The van der Waals surface area contributed by atoms with E-state index in [1.165, 1.54) is 18.3 Å². The number of allylic oxidation sites excluding steroid dienone is 3. The first kappa shape index (κ1) is 19.2. The third kappa shape index (κ3) is 3.87. The Bertz CT molecular complexity index is 1030. The second-order valence-corrected chi connectivity index (χ2v) is 7.15. The maximum atomic E-state index is 13.2. The van der Waals surface area contributed by atoms with Gasteiger partial charge < -0.3 is 10.3 Å². The van der Waals surface area contributed by atoms with Crippen molar-refractivity contribution in [1.29, 1.82) is 0 Å². The van der Waals surface area contributed by atoms with Gasteiger partial charge in [0.15, 0.2) is 0 Å². The van der Waals surface area contributed by atoms with Crippen LogP contribution in [0.25, 0.3) is 11.3 Å². The van der Waals surface area contributed by atoms with Gasteiger partial charge in [0.1, 0.15) is 11.7 Å². The molecule has 2 aromatic rings. The van der Waals surface area contributed by atoms with Crippen molar-refractivity contribution in [1.82, 2.24) is 15.3 Å². The Labute approximate surface area is 165 Å². The van der Waals surface area contributed by atoms with Crippen LogP contribution in [-0.4, -0.2) is 21.7 Å². The number of nitrogens with zero attached hydrogens (tertiary/aromatic N) is 2. The average Bonchev–Trinajstić information content (AvgIpc) is 3.14. The zero-order valence-electron chi connectivity index (χ0n) is 15.6. The number of rotatable bonds is 4. The molecule has 1 amide bonds. The molecule has 4 rings (SSSR count). The number of benzene rings is 1. The summed E-state index contributed by atoms with van der Waals surface area (Å²) in [5.41, 5.74) is 0.379. The van der Waals surface area contributed by atoms with Crippen LogP contribution in [0.5, 0.6) is 0 Å². The van der Waals surface area contributed by atoms with Gasteiger partial charge in [-0.1, -0.05) is 37.3 Å². The highest BCUT2D eigenvalue weighted by Gasteiger charge is 2.34. The Hall–Kier alpha value is -3.16. The normalized spacial score (nSPS) is 21.3. The SMILES string of the molecule is CC1C=CC=C2N=C(CCc3ncc(-c4ccccc4C(F)(F)F)[nH]3)NC(=O)C21. The van der Waals surface area contributed by atoms with Crippen molar-refractivity contribution in [3.05, 3.63) is 65.8 Å². The Balaban J connectivity index is 1.50. The standard InChI is InChI=1S/C21H19F3N4O/c1-12-5-4-8-15-19(12)20(29)28-18(26-15)10-9-17-25-11-16(27-17)13-6-2-3-7-14(13)21(22,23)24/h2-8,11-12,19H,9-10H2,1H3,(H,25,27)(H,26,28,29). The molecule has 1 aliphatic carbocycles. The number of aryl methyl sites for hydroxylation is 1. The number of amidine groups is 1. The molecule has 8 heteroatoms. The third-order valence-corrected chi connectivity index (χ3v) is 5.09. The Morgan fingerprint density at radius 3 is 2.76 bits per heavy atom. The molecule has 0 spiro atoms. The number of imidazole rings is 1. The Morgan fingerprint density at radius 1 is 1.17 bits per heavy atom. The van der Waals surface area contributed by atoms with E-state index < -0.39 is 11.7 Å². The number of aromatic amines is 1. The van der Waals surface area contributed by atoms with Crippen molar-refractivity contribution in [3.63, 3.8) is 0 Å². The van der Waals surface area contributed by atoms with E-state index in [0.29, 0.717) is 30.2 Å². The number of H-pyrrole nitrogens is 1. The number of carbonyl (C=O) groups is 1. The van der Waals surface area contributed by atoms with Gasteiger partial charge in [0.2, 0.25) is 5.91 Å². The fraction of sp³-hybridized carbons (Fsp3) is 0.286. The predicted molar refractivity (Wildman–Crippen MR) is 103 cm³/mol. The highest BCUT2D eigenvalue weighted by atomic mass is 19.4. The minimum atomic E-state index is -4.45. The molecule has 1 aromatic carbocycles. The van der Waals surface area contributed by atoms with Crippen molar-refractivity contribution < 1.29 is 18.0 Å². The summed E-state index contributed by atoms with van der Waals surface area (Å²) in [7, 11) is 0. The zero-order chi connectivity index (χ0) is 20.6. The van der Waals surface area contributed by atoms with Crippen LogP contribution in [-0.2, 0) is 17.4 Å². The first-order valence-corrected chi connectivity index (χ1v) is 9.30. The van der Waals surface area contributed by atoms with Gasteiger partial charge in [-0.3, -0.25) is 4.79 Å². The van der Waals surface area contributed by atoms with Gasteiger partial charge in [-0.2, -0.15) is 13.2 Å². The van der Waals surface area contributed by atoms with Crippen LogP contribution in [0, 0.1) is 11.8 Å². The number of aliphatic imine (C=N–C) groups is 1. The summed E-state index contributed by atoms with van der Waals surface area (Å²) in [5, 5.41) is 2.83. The van der Waals surface area contributed by atoms with Crippen LogP contribution in [0.3, 0.4) is 0 Å². The lowest BCUT2D eigenvalue weighted by Gasteiger charge is -2.28. The molecule has 2 atom stereocenters. The van der Waals surface area contributed by atoms with E-state index in [1.807, 2.05) is 25.2 Å². The molecular formula is C21H19F3N4O. The van der Waals surface area contributed by atoms with Crippen LogP contribution in [0.15, 0.2) is 59.4 Å². The Kier molecular flexibility index (Phi) is 4.86. The van der Waals surface area contributed by atoms with E-state index in [-0.39, 0.29) is 23.3 Å². The largest absolute Gasteiger partial charge is 0.417 e. The summed E-state index contributed by atoms with van der Waals surface area (Å²) in [6.07, 6.45) is 3.48. The first-order valence-electron chi connectivity index (χ1n) is 9.30. The number of nitrogens with one attached hydrogen (secondary N) is 2. The first-order chi connectivity index (χ1) is 13.8. The molecule has 0 radical (unpaired) electrons. The lowest BCUT2D eigenvalue weighted by Crippen LogP contribution is -2.43. The summed E-state index contributed by atoms with van der Waals surface area (Å²) in [5.74, 6) is 0.785. The van der Waals surface area contributed by atoms with E-state index >= 15 is 0 Å². The van der Waals surface area contributed by atoms with Gasteiger partial charge >= 0.3 is 6.18 Å². The minimum Gasteiger partial charge on any atom is -0.342 e. The maximum Gasteiger partial charge on any atom is 0.417 e. The molecule has 0 saturated carbocycles. The van der Waals surface area contributed by atoms with Gasteiger partial charge in [-0.05, 0) is 18.1 Å². The maximum absolute atomic E-state index is 13.2. The molecule has 0 bridgehead atoms. The highest BCUT2D eigenvalue weighted by Crippen LogP contribution is 2.36. The lowest BCUT2D eigenvalue weighted by molar-refractivity contribution is -0.137. The van der Waals surface area contributed by atoms with Crippen LogP contribution in [0.2, 0.25) is 0 Å². The zero-order valence-corrected chi connectivity index (χ0v) is 15.6. The number of halogens is 3. The molecule has 1 aromatic heterocycles. The minimum absolute atomic E-state index is 0.0537. The van der Waals surface area contributed by atoms with E-state index in [9.17, 15) is 18.0 Å². The van der Waals surface area contributed by atoms with Crippen molar-refractivity contribution in [3.8, 4) is 11.3 Å². The summed E-state index contributed by atoms with van der Waals surface area (Å²) in [6, 6.07) is 5.37. The van der Waals surface area contributed by atoms with Crippen LogP contribution >= 0.6 is 0 Å². The van der Waals surface area contributed by atoms with E-state index in [2.05, 4.69) is 20.3 Å². The average molecular weight is 400 g/mol. The number of aromatic nitrogens is 2. The molecule has 2 aliphatic rings. The van der Waals surface area contributed by atoms with Gasteiger partial charge in [-0.15, -0.1) is 0 Å². The molecule has 29 heavy (non-hydrogen) atoms.